The number of fused-ring (bicyclic) bond motifs is 9. The number of aromatic nitrogens is 5. The second kappa shape index (κ2) is 11.9. The van der Waals surface area contributed by atoms with Crippen LogP contribution in [0.3, 0.4) is 0 Å². The van der Waals surface area contributed by atoms with Gasteiger partial charge in [-0.2, -0.15) is 0 Å². The van der Waals surface area contributed by atoms with Gasteiger partial charge < -0.3 is 9.13 Å². The maximum absolute atomic E-state index is 14.9. The fourth-order valence-electron chi connectivity index (χ4n) is 8.34. The van der Waals surface area contributed by atoms with Crippen molar-refractivity contribution in [2.24, 2.45) is 0 Å². The third-order valence-electron chi connectivity index (χ3n) is 10.8. The quantitative estimate of drug-likeness (QED) is 0.183. The van der Waals surface area contributed by atoms with Crippen LogP contribution in [0.2, 0.25) is 0 Å². The monoisotopic (exact) mass is 707 g/mol. The number of hydrogen-bond acceptors (Lipinski definition) is 4. The smallest absolute Gasteiger partial charge is 0.266 e. The van der Waals surface area contributed by atoms with Crippen LogP contribution in [0, 0.1) is 0 Å². The van der Waals surface area contributed by atoms with Crippen LogP contribution in [0.5, 0.6) is 0 Å². The highest BCUT2D eigenvalue weighted by Gasteiger charge is 2.20. The molecule has 7 heteroatoms. The van der Waals surface area contributed by atoms with Gasteiger partial charge in [-0.05, 0) is 78.2 Å². The topological polar surface area (TPSA) is 74.7 Å². The highest BCUT2D eigenvalue weighted by Crippen LogP contribution is 2.38. The zero-order chi connectivity index (χ0) is 36.6. The van der Waals surface area contributed by atoms with Crippen molar-refractivity contribution in [2.75, 3.05) is 0 Å². The van der Waals surface area contributed by atoms with Gasteiger partial charge in [-0.3, -0.25) is 19.6 Å². The van der Waals surface area contributed by atoms with Crippen LogP contribution in [0.1, 0.15) is 0 Å². The first-order chi connectivity index (χ1) is 27.1. The molecule has 0 spiro atoms. The highest BCUT2D eigenvalue weighted by atomic mass is 16.2. The van der Waals surface area contributed by atoms with Crippen molar-refractivity contribution in [1.82, 2.24) is 23.7 Å². The second-order valence-electron chi connectivity index (χ2n) is 13.8. The molecule has 0 aliphatic rings. The lowest BCUT2D eigenvalue weighted by atomic mass is 10.1. The molecule has 11 rings (SSSR count). The summed E-state index contributed by atoms with van der Waals surface area (Å²) in [6.07, 6.45) is 4.93. The summed E-state index contributed by atoms with van der Waals surface area (Å²) in [5, 5.41) is 6.30. The fraction of sp³-hybridized carbons (Fsp3) is 0. The second-order valence-corrected chi connectivity index (χ2v) is 13.8. The molecule has 0 amide bonds. The van der Waals surface area contributed by atoms with Gasteiger partial charge in [0.1, 0.15) is 0 Å². The van der Waals surface area contributed by atoms with Gasteiger partial charge in [-0.15, -0.1) is 0 Å². The molecule has 0 bridgehead atoms. The van der Waals surface area contributed by atoms with E-state index in [1.54, 1.807) is 36.8 Å². The van der Waals surface area contributed by atoms with Crippen molar-refractivity contribution < 1.29 is 0 Å². The van der Waals surface area contributed by atoms with E-state index >= 15 is 0 Å². The zero-order valence-electron chi connectivity index (χ0n) is 29.3. The number of nitrogens with zero attached hydrogens (tertiary/aromatic N) is 5. The first-order valence-corrected chi connectivity index (χ1v) is 18.1. The molecule has 5 aromatic heterocycles. The minimum absolute atomic E-state index is 0.400. The largest absolute Gasteiger partial charge is 0.309 e. The van der Waals surface area contributed by atoms with Gasteiger partial charge in [0.15, 0.2) is 0 Å². The molecule has 0 aliphatic heterocycles. The average Bonchev–Trinajstić information content (AvgIpc) is 3.73. The molecule has 0 saturated heterocycles. The van der Waals surface area contributed by atoms with Crippen molar-refractivity contribution in [2.45, 2.75) is 0 Å². The number of pyridine rings is 2. The van der Waals surface area contributed by atoms with E-state index in [9.17, 15) is 9.59 Å². The number of benzene rings is 6. The molecule has 0 atom stereocenters. The molecule has 5 heterocycles. The number of para-hydroxylation sites is 3. The molecular formula is C48H29N5O2. The lowest BCUT2D eigenvalue weighted by Gasteiger charge is -2.10. The van der Waals surface area contributed by atoms with Gasteiger partial charge >= 0.3 is 0 Å². The first kappa shape index (κ1) is 30.9. The van der Waals surface area contributed by atoms with Crippen LogP contribution in [-0.2, 0) is 0 Å². The summed E-state index contributed by atoms with van der Waals surface area (Å²) in [6.45, 7) is 0. The molecule has 55 heavy (non-hydrogen) atoms. The first-order valence-electron chi connectivity index (χ1n) is 18.1. The van der Waals surface area contributed by atoms with E-state index in [-0.39, 0.29) is 0 Å². The molecule has 11 aromatic rings. The van der Waals surface area contributed by atoms with E-state index in [4.69, 9.17) is 0 Å². The Balaban J connectivity index is 1.22. The zero-order valence-corrected chi connectivity index (χ0v) is 29.3. The van der Waals surface area contributed by atoms with Crippen molar-refractivity contribution in [1.29, 1.82) is 0 Å². The summed E-state index contributed by atoms with van der Waals surface area (Å²) in [4.78, 5) is 38.4. The molecule has 258 valence electrons. The van der Waals surface area contributed by atoms with Crippen LogP contribution >= 0.6 is 0 Å². The molecular weight excluding hydrogens is 679 g/mol. The lowest BCUT2D eigenvalue weighted by molar-refractivity contribution is 0.971. The molecule has 0 fully saturated rings. The van der Waals surface area contributed by atoms with Crippen molar-refractivity contribution >= 4 is 65.2 Å². The minimum atomic E-state index is -0.415. The van der Waals surface area contributed by atoms with Crippen molar-refractivity contribution in [3.8, 4) is 28.3 Å². The summed E-state index contributed by atoms with van der Waals surface area (Å²) >= 11 is 0. The predicted octanol–water partition coefficient (Wildman–Crippen LogP) is 10.2. The SMILES string of the molecule is O=c1c2ccncc2c2cc3c(cc2c(=O)n1-c1ccnc(-c2ccccc2)c1)c1ccccc1n3-c1ccc2c(c1)c1ccccc1n2-c1ccccc1. The van der Waals surface area contributed by atoms with Crippen LogP contribution in [0.4, 0.5) is 0 Å². The van der Waals surface area contributed by atoms with Crippen LogP contribution in [-0.4, -0.2) is 23.7 Å². The molecule has 0 N–H and O–H groups in total. The Morgan fingerprint density at radius 1 is 0.364 bits per heavy atom. The summed E-state index contributed by atoms with van der Waals surface area (Å²) in [6, 6.07) is 52.8. The summed E-state index contributed by atoms with van der Waals surface area (Å²) in [7, 11) is 0. The maximum atomic E-state index is 14.9. The van der Waals surface area contributed by atoms with Crippen LogP contribution < -0.4 is 11.1 Å². The molecule has 6 aromatic carbocycles. The van der Waals surface area contributed by atoms with E-state index in [0.29, 0.717) is 32.9 Å². The molecule has 0 radical (unpaired) electrons. The van der Waals surface area contributed by atoms with E-state index in [1.807, 2.05) is 54.6 Å². The lowest BCUT2D eigenvalue weighted by Crippen LogP contribution is -2.28. The Labute approximate surface area is 313 Å². The molecule has 0 saturated carbocycles. The fourth-order valence-corrected chi connectivity index (χ4v) is 8.34. The van der Waals surface area contributed by atoms with E-state index in [0.717, 1.165) is 60.5 Å². The number of rotatable bonds is 4. The Bertz CT molecular complexity index is 3480. The van der Waals surface area contributed by atoms with Crippen molar-refractivity contribution in [3.63, 3.8) is 0 Å². The minimum Gasteiger partial charge on any atom is -0.309 e. The van der Waals surface area contributed by atoms with Gasteiger partial charge in [-0.25, -0.2) is 4.57 Å². The van der Waals surface area contributed by atoms with E-state index < -0.39 is 11.1 Å². The van der Waals surface area contributed by atoms with Gasteiger partial charge in [-0.1, -0.05) is 84.9 Å². The Morgan fingerprint density at radius 3 is 1.75 bits per heavy atom. The predicted molar refractivity (Wildman–Crippen MR) is 223 cm³/mol. The molecule has 7 nitrogen and oxygen atoms in total. The number of hydrogen-bond donors (Lipinski definition) is 0. The standard InChI is InChI=1S/C48H29N5O2/c54-47-36-22-23-49-29-41(36)37-28-46-39(27-40(37)48(55)53(47)33-21-24-50-42(26-33)30-11-3-1-4-12-30)35-16-8-10-18-44(35)52(46)32-19-20-45-38(25-32)34-15-7-9-17-43(34)51(45)31-13-5-2-6-14-31/h1-29H. The third-order valence-corrected chi connectivity index (χ3v) is 10.8. The average molecular weight is 708 g/mol. The van der Waals surface area contributed by atoms with Gasteiger partial charge in [0.05, 0.1) is 38.8 Å². The van der Waals surface area contributed by atoms with Crippen molar-refractivity contribution in [3.05, 3.63) is 197 Å². The molecule has 0 unspecified atom stereocenters. The third kappa shape index (κ3) is 4.63. The molecule has 0 aliphatic carbocycles. The van der Waals surface area contributed by atoms with Crippen LogP contribution in [0.15, 0.2) is 186 Å². The van der Waals surface area contributed by atoms with Gasteiger partial charge in [0.2, 0.25) is 0 Å². The van der Waals surface area contributed by atoms with Gasteiger partial charge in [0.25, 0.3) is 11.1 Å². The van der Waals surface area contributed by atoms with Crippen LogP contribution in [0.25, 0.3) is 93.5 Å². The highest BCUT2D eigenvalue weighted by molar-refractivity contribution is 6.18. The maximum Gasteiger partial charge on any atom is 0.266 e. The van der Waals surface area contributed by atoms with Gasteiger partial charge in [0, 0.05) is 67.8 Å². The van der Waals surface area contributed by atoms with E-state index in [2.05, 4.69) is 104 Å². The summed E-state index contributed by atoms with van der Waals surface area (Å²) in [5.74, 6) is 0. The normalized spacial score (nSPS) is 11.8. The summed E-state index contributed by atoms with van der Waals surface area (Å²) < 4.78 is 5.85. The Kier molecular flexibility index (Phi) is 6.72. The Morgan fingerprint density at radius 2 is 0.982 bits per heavy atom. The van der Waals surface area contributed by atoms with E-state index in [1.165, 1.54) is 4.57 Å². The Hall–Kier alpha value is -7.64. The summed E-state index contributed by atoms with van der Waals surface area (Å²) in [5.41, 5.74) is 7.45.